The summed E-state index contributed by atoms with van der Waals surface area (Å²) in [5.41, 5.74) is -5.65. The van der Waals surface area contributed by atoms with E-state index in [-0.39, 0.29) is 0 Å². The molecule has 2 rings (SSSR count). The minimum atomic E-state index is -6.09. The fourth-order valence-electron chi connectivity index (χ4n) is 2.56. The lowest BCUT2D eigenvalue weighted by atomic mass is 10.00. The van der Waals surface area contributed by atoms with Gasteiger partial charge in [-0.3, -0.25) is 0 Å². The van der Waals surface area contributed by atoms with Crippen LogP contribution in [0.5, 0.6) is 0 Å². The van der Waals surface area contributed by atoms with E-state index >= 15 is 0 Å². The molecule has 0 amide bonds. The first-order valence-corrected chi connectivity index (χ1v) is 14.8. The van der Waals surface area contributed by atoms with Crippen molar-refractivity contribution in [2.45, 2.75) is 62.5 Å². The highest BCUT2D eigenvalue weighted by Gasteiger charge is 2.53. The first kappa shape index (κ1) is 26.3. The molecule has 1 heterocycles. The van der Waals surface area contributed by atoms with Gasteiger partial charge in [0.2, 0.25) is 5.79 Å². The molecule has 1 saturated heterocycles. The Morgan fingerprint density at radius 1 is 1.28 bits per heavy atom. The number of benzene rings is 1. The van der Waals surface area contributed by atoms with Gasteiger partial charge in [-0.05, 0) is 31.8 Å². The van der Waals surface area contributed by atoms with E-state index in [9.17, 15) is 13.2 Å². The van der Waals surface area contributed by atoms with Crippen molar-refractivity contribution >= 4 is 30.2 Å². The number of rotatable bonds is 6. The molecule has 29 heavy (non-hydrogen) atoms. The van der Waals surface area contributed by atoms with Gasteiger partial charge >= 0.3 is 5.51 Å². The number of hydrogen-bond acceptors (Lipinski definition) is 6. The fourth-order valence-corrected chi connectivity index (χ4v) is 4.85. The van der Waals surface area contributed by atoms with Crippen molar-refractivity contribution in [3.63, 3.8) is 0 Å². The van der Waals surface area contributed by atoms with E-state index in [0.29, 0.717) is 5.92 Å². The Bertz CT molecular complexity index is 736. The third-order valence-corrected chi connectivity index (χ3v) is 6.45. The van der Waals surface area contributed by atoms with Crippen molar-refractivity contribution in [2.75, 3.05) is 5.75 Å². The van der Waals surface area contributed by atoms with E-state index < -0.39 is 29.7 Å². The topological polar surface area (TPSA) is 75.7 Å². The summed E-state index contributed by atoms with van der Waals surface area (Å²) in [7, 11) is -7.71. The van der Waals surface area contributed by atoms with E-state index in [0.717, 1.165) is 18.6 Å². The molecule has 1 aliphatic rings. The van der Waals surface area contributed by atoms with Crippen LogP contribution in [-0.2, 0) is 19.3 Å². The van der Waals surface area contributed by atoms with Crippen LogP contribution in [-0.4, -0.2) is 38.3 Å². The first-order valence-electron chi connectivity index (χ1n) is 9.00. The van der Waals surface area contributed by atoms with E-state index in [4.69, 9.17) is 22.1 Å². The van der Waals surface area contributed by atoms with Crippen LogP contribution in [0.15, 0.2) is 35.2 Å². The molecule has 0 N–H and O–H groups in total. The highest BCUT2D eigenvalue weighted by Crippen LogP contribution is 2.44. The van der Waals surface area contributed by atoms with Crippen LogP contribution in [0.2, 0.25) is 19.6 Å². The zero-order valence-electron chi connectivity index (χ0n) is 17.1. The van der Waals surface area contributed by atoms with Gasteiger partial charge in [0.1, 0.15) is 6.42 Å². The van der Waals surface area contributed by atoms with Gasteiger partial charge in [-0.25, -0.2) is 8.42 Å². The molecule has 1 aliphatic heterocycles. The summed E-state index contributed by atoms with van der Waals surface area (Å²) in [4.78, 5) is 1.29. The summed E-state index contributed by atoms with van der Waals surface area (Å²) in [6.45, 7) is 11.1. The predicted molar refractivity (Wildman–Crippen MR) is 108 cm³/mol. The molecule has 11 heteroatoms. The molecule has 1 atom stereocenters. The van der Waals surface area contributed by atoms with Gasteiger partial charge in [-0.15, -0.1) is 0 Å². The maximum absolute atomic E-state index is 10.7. The second kappa shape index (κ2) is 10.1. The van der Waals surface area contributed by atoms with Crippen molar-refractivity contribution in [3.05, 3.63) is 36.4 Å². The molecule has 1 fully saturated rings. The lowest BCUT2D eigenvalue weighted by Gasteiger charge is -2.35. The SMILES string of the molecule is CC(C)C1(O[Si](C)(C)C)CC[C+](CSc2ccccc2)O1.O=S(=O)([O-])C(F)(F)F. The summed E-state index contributed by atoms with van der Waals surface area (Å²) < 4.78 is 71.6. The average Bonchev–Trinajstić information content (AvgIpc) is 2.95. The van der Waals surface area contributed by atoms with Crippen LogP contribution in [0.4, 0.5) is 13.2 Å². The minimum absolute atomic E-state index is 0.378. The Labute approximate surface area is 176 Å². The maximum atomic E-state index is 10.7. The molecule has 0 radical (unpaired) electrons. The average molecular weight is 473 g/mol. The molecule has 0 saturated carbocycles. The largest absolute Gasteiger partial charge is 0.741 e. The van der Waals surface area contributed by atoms with Crippen molar-refractivity contribution in [1.82, 2.24) is 0 Å². The van der Waals surface area contributed by atoms with Crippen LogP contribution in [0, 0.1) is 12.0 Å². The van der Waals surface area contributed by atoms with Crippen molar-refractivity contribution in [2.24, 2.45) is 5.92 Å². The van der Waals surface area contributed by atoms with E-state index in [2.05, 4.69) is 63.8 Å². The van der Waals surface area contributed by atoms with Gasteiger partial charge in [-0.2, -0.15) is 17.9 Å². The number of halogens is 3. The zero-order valence-corrected chi connectivity index (χ0v) is 19.7. The second-order valence-electron chi connectivity index (χ2n) is 7.82. The molecule has 166 valence electrons. The van der Waals surface area contributed by atoms with Crippen molar-refractivity contribution in [1.29, 1.82) is 0 Å². The lowest BCUT2D eigenvalue weighted by molar-refractivity contribution is -0.180. The quantitative estimate of drug-likeness (QED) is 0.182. The molecule has 5 nitrogen and oxygen atoms in total. The molecule has 0 aliphatic carbocycles. The molecular formula is C18H27F3O5S2Si. The molecule has 0 bridgehead atoms. The fraction of sp³-hybridized carbons (Fsp3) is 0.611. The molecule has 1 aromatic carbocycles. The summed E-state index contributed by atoms with van der Waals surface area (Å²) in [6, 6.07) is 10.5. The molecule has 1 aromatic rings. The van der Waals surface area contributed by atoms with Crippen LogP contribution in [0.25, 0.3) is 0 Å². The normalized spacial score (nSPS) is 20.6. The van der Waals surface area contributed by atoms with E-state index in [1.54, 1.807) is 0 Å². The number of alkyl halides is 3. The van der Waals surface area contributed by atoms with Crippen LogP contribution in [0.1, 0.15) is 26.7 Å². The summed E-state index contributed by atoms with van der Waals surface area (Å²) >= 11 is 1.84. The van der Waals surface area contributed by atoms with Crippen LogP contribution in [0.3, 0.4) is 0 Å². The second-order valence-corrected chi connectivity index (χ2v) is 14.7. The van der Waals surface area contributed by atoms with Crippen molar-refractivity contribution in [3.8, 4) is 0 Å². The molecule has 0 spiro atoms. The summed E-state index contributed by atoms with van der Waals surface area (Å²) in [6.07, 6.45) is 3.18. The third kappa shape index (κ3) is 8.89. The van der Waals surface area contributed by atoms with Crippen LogP contribution >= 0.6 is 11.8 Å². The zero-order chi connectivity index (χ0) is 22.5. The lowest BCUT2D eigenvalue weighted by Crippen LogP contribution is -2.46. The molecular weight excluding hydrogens is 445 g/mol. The van der Waals surface area contributed by atoms with Gasteiger partial charge in [-0.1, -0.05) is 43.8 Å². The van der Waals surface area contributed by atoms with Gasteiger partial charge in [0, 0.05) is 17.2 Å². The van der Waals surface area contributed by atoms with Gasteiger partial charge < -0.3 is 8.98 Å². The smallest absolute Gasteiger partial charge is 0.485 e. The maximum Gasteiger partial charge on any atom is 0.485 e. The van der Waals surface area contributed by atoms with Gasteiger partial charge in [0.25, 0.3) is 6.10 Å². The monoisotopic (exact) mass is 472 g/mol. The van der Waals surface area contributed by atoms with E-state index in [1.807, 2.05) is 11.8 Å². The summed E-state index contributed by atoms with van der Waals surface area (Å²) in [5.74, 6) is 0.911. The Morgan fingerprint density at radius 2 is 1.79 bits per heavy atom. The standard InChI is InChI=1S/C17H27O2SSi.CHF3O3S/c1-14(2)17(19-21(3,4)5)12-11-15(18-17)13-20-16-9-7-6-8-10-16;2-1(3,4)8(5,6)7/h6-10,14H,11-13H2,1-5H3;(H,5,6,7)/q+1;/p-1. The highest BCUT2D eigenvalue weighted by atomic mass is 32.2. The predicted octanol–water partition coefficient (Wildman–Crippen LogP) is 5.38. The number of hydrogen-bond donors (Lipinski definition) is 0. The Balaban J connectivity index is 0.000000447. The summed E-state index contributed by atoms with van der Waals surface area (Å²) in [5, 5.41) is 0. The Kier molecular flexibility index (Phi) is 9.12. The third-order valence-electron chi connectivity index (χ3n) is 3.85. The van der Waals surface area contributed by atoms with Crippen LogP contribution < -0.4 is 0 Å². The van der Waals surface area contributed by atoms with Gasteiger partial charge in [0.05, 0.1) is 0 Å². The number of thioether (sulfide) groups is 1. The Morgan fingerprint density at radius 3 is 2.21 bits per heavy atom. The highest BCUT2D eigenvalue weighted by molar-refractivity contribution is 7.99. The first-order chi connectivity index (χ1) is 13.1. The minimum Gasteiger partial charge on any atom is -0.741 e. The van der Waals surface area contributed by atoms with E-state index in [1.165, 1.54) is 11.0 Å². The molecule has 1 unspecified atom stereocenters. The number of ether oxygens (including phenoxy) is 1. The molecule has 0 aromatic heterocycles. The Hall–Kier alpha value is -0.723. The van der Waals surface area contributed by atoms with Gasteiger partial charge in [0.15, 0.2) is 24.2 Å². The van der Waals surface area contributed by atoms with Crippen molar-refractivity contribution < 1.29 is 35.3 Å².